The highest BCUT2D eigenvalue weighted by Gasteiger charge is 2.27. The highest BCUT2D eigenvalue weighted by molar-refractivity contribution is 6.33. The molecule has 1 heterocycles. The van der Waals surface area contributed by atoms with Gasteiger partial charge in [-0.05, 0) is 29.8 Å². The zero-order valence-corrected chi connectivity index (χ0v) is 18.9. The molecule has 6 nitrogen and oxygen atoms in total. The van der Waals surface area contributed by atoms with Crippen molar-refractivity contribution in [3.63, 3.8) is 0 Å². The molecule has 0 atom stereocenters. The average Bonchev–Trinajstić information content (AvgIpc) is 2.74. The SMILES string of the molecule is CN(Cc1ccc(N(C)C)cc1)C(=O)CN1CCN(C(=O)c2c(F)cccc2Cl)CC1. The van der Waals surface area contributed by atoms with Crippen LogP contribution in [-0.2, 0) is 11.3 Å². The molecule has 1 aliphatic rings. The molecule has 0 spiro atoms. The molecule has 0 unspecified atom stereocenters. The molecule has 0 aliphatic carbocycles. The van der Waals surface area contributed by atoms with Crippen molar-refractivity contribution in [1.82, 2.24) is 14.7 Å². The maximum atomic E-state index is 14.0. The maximum Gasteiger partial charge on any atom is 0.258 e. The summed E-state index contributed by atoms with van der Waals surface area (Å²) in [6.45, 7) is 2.77. The fourth-order valence-corrected chi connectivity index (χ4v) is 3.79. The van der Waals surface area contributed by atoms with Gasteiger partial charge in [-0.3, -0.25) is 14.5 Å². The van der Waals surface area contributed by atoms with Gasteiger partial charge in [-0.25, -0.2) is 4.39 Å². The van der Waals surface area contributed by atoms with Crippen molar-refractivity contribution in [3.8, 4) is 0 Å². The molecular formula is C23H28ClFN4O2. The van der Waals surface area contributed by atoms with Gasteiger partial charge in [0, 0.05) is 59.6 Å². The number of benzene rings is 2. The standard InChI is InChI=1S/C23H28ClFN4O2/c1-26(2)18-9-7-17(8-10-18)15-27(3)21(30)16-28-11-13-29(14-12-28)23(31)22-19(24)5-4-6-20(22)25/h4-10H,11-16H2,1-3H3. The largest absolute Gasteiger partial charge is 0.378 e. The third-order valence-electron chi connectivity index (χ3n) is 5.49. The molecule has 0 saturated carbocycles. The van der Waals surface area contributed by atoms with Crippen molar-refractivity contribution in [2.75, 3.05) is 58.8 Å². The topological polar surface area (TPSA) is 47.1 Å². The first kappa shape index (κ1) is 23.0. The summed E-state index contributed by atoms with van der Waals surface area (Å²) in [5, 5.41) is 0.114. The van der Waals surface area contributed by atoms with Crippen molar-refractivity contribution >= 4 is 29.1 Å². The monoisotopic (exact) mass is 446 g/mol. The van der Waals surface area contributed by atoms with Crippen molar-refractivity contribution in [3.05, 3.63) is 64.4 Å². The Labute approximate surface area is 187 Å². The number of carbonyl (C=O) groups excluding carboxylic acids is 2. The number of hydrogen-bond donors (Lipinski definition) is 0. The highest BCUT2D eigenvalue weighted by atomic mass is 35.5. The predicted octanol–water partition coefficient (Wildman–Crippen LogP) is 2.96. The lowest BCUT2D eigenvalue weighted by Crippen LogP contribution is -2.51. The summed E-state index contributed by atoms with van der Waals surface area (Å²) in [4.78, 5) is 32.6. The van der Waals surface area contributed by atoms with E-state index in [1.807, 2.05) is 48.2 Å². The van der Waals surface area contributed by atoms with E-state index in [1.165, 1.54) is 18.2 Å². The molecule has 0 N–H and O–H groups in total. The fourth-order valence-electron chi connectivity index (χ4n) is 3.54. The van der Waals surface area contributed by atoms with Crippen LogP contribution in [0.1, 0.15) is 15.9 Å². The van der Waals surface area contributed by atoms with Crippen LogP contribution < -0.4 is 4.90 Å². The molecule has 2 aromatic carbocycles. The van der Waals surface area contributed by atoms with Gasteiger partial charge >= 0.3 is 0 Å². The lowest BCUT2D eigenvalue weighted by atomic mass is 10.1. The Kier molecular flexibility index (Phi) is 7.51. The van der Waals surface area contributed by atoms with Gasteiger partial charge in [0.2, 0.25) is 5.91 Å². The molecule has 2 amide bonds. The van der Waals surface area contributed by atoms with Crippen molar-refractivity contribution in [2.45, 2.75) is 6.54 Å². The molecule has 31 heavy (non-hydrogen) atoms. The van der Waals surface area contributed by atoms with E-state index in [9.17, 15) is 14.0 Å². The van der Waals surface area contributed by atoms with E-state index in [-0.39, 0.29) is 23.0 Å². The maximum absolute atomic E-state index is 14.0. The number of rotatable bonds is 6. The van der Waals surface area contributed by atoms with Gasteiger partial charge in [-0.2, -0.15) is 0 Å². The number of piperazine rings is 1. The minimum Gasteiger partial charge on any atom is -0.378 e. The van der Waals surface area contributed by atoms with Crippen LogP contribution in [0.25, 0.3) is 0 Å². The predicted molar refractivity (Wildman–Crippen MR) is 121 cm³/mol. The molecule has 0 bridgehead atoms. The fraction of sp³-hybridized carbons (Fsp3) is 0.391. The minimum atomic E-state index is -0.615. The number of carbonyl (C=O) groups is 2. The first-order valence-corrected chi connectivity index (χ1v) is 10.6. The Morgan fingerprint density at radius 3 is 2.23 bits per heavy atom. The van der Waals surface area contributed by atoms with Crippen LogP contribution in [0.15, 0.2) is 42.5 Å². The van der Waals surface area contributed by atoms with E-state index in [2.05, 4.69) is 0 Å². The number of nitrogens with zero attached hydrogens (tertiary/aromatic N) is 4. The Bertz CT molecular complexity index is 907. The summed E-state index contributed by atoms with van der Waals surface area (Å²) in [7, 11) is 5.77. The smallest absolute Gasteiger partial charge is 0.258 e. The Morgan fingerprint density at radius 2 is 1.65 bits per heavy atom. The van der Waals surface area contributed by atoms with Gasteiger partial charge in [0.1, 0.15) is 5.82 Å². The van der Waals surface area contributed by atoms with Gasteiger partial charge in [0.25, 0.3) is 5.91 Å². The second-order valence-corrected chi connectivity index (χ2v) is 8.38. The van der Waals surface area contributed by atoms with Crippen molar-refractivity contribution in [2.24, 2.45) is 0 Å². The van der Waals surface area contributed by atoms with E-state index in [0.717, 1.165) is 11.3 Å². The van der Waals surface area contributed by atoms with Gasteiger partial charge in [-0.15, -0.1) is 0 Å². The van der Waals surface area contributed by atoms with Gasteiger partial charge in [-0.1, -0.05) is 29.8 Å². The molecule has 166 valence electrons. The molecule has 1 fully saturated rings. The number of amides is 2. The van der Waals surface area contributed by atoms with Crippen LogP contribution in [0, 0.1) is 5.82 Å². The molecule has 3 rings (SSSR count). The highest BCUT2D eigenvalue weighted by Crippen LogP contribution is 2.21. The summed E-state index contributed by atoms with van der Waals surface area (Å²) in [6.07, 6.45) is 0. The lowest BCUT2D eigenvalue weighted by molar-refractivity contribution is -0.132. The third kappa shape index (κ3) is 5.74. The number of hydrogen-bond acceptors (Lipinski definition) is 4. The van der Waals surface area contributed by atoms with Crippen LogP contribution in [-0.4, -0.2) is 80.4 Å². The van der Waals surface area contributed by atoms with Crippen LogP contribution in [0.4, 0.5) is 10.1 Å². The van der Waals surface area contributed by atoms with Crippen molar-refractivity contribution in [1.29, 1.82) is 0 Å². The summed E-state index contributed by atoms with van der Waals surface area (Å²) < 4.78 is 14.0. The zero-order chi connectivity index (χ0) is 22.5. The quantitative estimate of drug-likeness (QED) is 0.684. The van der Waals surface area contributed by atoms with E-state index >= 15 is 0 Å². The van der Waals surface area contributed by atoms with Crippen LogP contribution in [0.3, 0.4) is 0 Å². The number of halogens is 2. The second kappa shape index (κ2) is 10.1. The molecule has 1 aliphatic heterocycles. The minimum absolute atomic E-state index is 0.0219. The number of likely N-dealkylation sites (N-methyl/N-ethyl adjacent to an activating group) is 1. The first-order chi connectivity index (χ1) is 14.8. The van der Waals surface area contributed by atoms with Gasteiger partial charge in [0.15, 0.2) is 0 Å². The Balaban J connectivity index is 1.49. The molecule has 2 aromatic rings. The normalized spacial score (nSPS) is 14.4. The Hall–Kier alpha value is -2.64. The van der Waals surface area contributed by atoms with Gasteiger partial charge < -0.3 is 14.7 Å². The Morgan fingerprint density at radius 1 is 1.00 bits per heavy atom. The summed E-state index contributed by atoms with van der Waals surface area (Å²) in [5.74, 6) is -1.00. The number of anilines is 1. The summed E-state index contributed by atoms with van der Waals surface area (Å²) in [6, 6.07) is 12.3. The first-order valence-electron chi connectivity index (χ1n) is 10.2. The average molecular weight is 447 g/mol. The van der Waals surface area contributed by atoms with Crippen LogP contribution >= 0.6 is 11.6 Å². The molecule has 1 saturated heterocycles. The van der Waals surface area contributed by atoms with E-state index in [4.69, 9.17) is 11.6 Å². The van der Waals surface area contributed by atoms with E-state index in [1.54, 1.807) is 16.8 Å². The van der Waals surface area contributed by atoms with Crippen LogP contribution in [0.2, 0.25) is 5.02 Å². The van der Waals surface area contributed by atoms with E-state index in [0.29, 0.717) is 32.7 Å². The molecule has 0 radical (unpaired) electrons. The van der Waals surface area contributed by atoms with E-state index < -0.39 is 11.7 Å². The summed E-state index contributed by atoms with van der Waals surface area (Å²) in [5.41, 5.74) is 2.09. The summed E-state index contributed by atoms with van der Waals surface area (Å²) >= 11 is 6.02. The van der Waals surface area contributed by atoms with Crippen LogP contribution in [0.5, 0.6) is 0 Å². The molecule has 0 aromatic heterocycles. The molecule has 8 heteroatoms. The third-order valence-corrected chi connectivity index (χ3v) is 5.81. The molecular weight excluding hydrogens is 419 g/mol. The van der Waals surface area contributed by atoms with Gasteiger partial charge in [0.05, 0.1) is 17.1 Å². The lowest BCUT2D eigenvalue weighted by Gasteiger charge is -2.35. The zero-order valence-electron chi connectivity index (χ0n) is 18.1. The second-order valence-electron chi connectivity index (χ2n) is 7.98. The van der Waals surface area contributed by atoms with Crippen molar-refractivity contribution < 1.29 is 14.0 Å².